The van der Waals surface area contributed by atoms with Crippen molar-refractivity contribution in [3.63, 3.8) is 0 Å². The zero-order valence-electron chi connectivity index (χ0n) is 10.6. The van der Waals surface area contributed by atoms with Gasteiger partial charge in [0.2, 0.25) is 0 Å². The van der Waals surface area contributed by atoms with Gasteiger partial charge in [-0.2, -0.15) is 0 Å². The lowest BCUT2D eigenvalue weighted by Crippen LogP contribution is -2.39. The molecule has 2 heterocycles. The zero-order valence-corrected chi connectivity index (χ0v) is 11.4. The molecule has 1 amide bonds. The van der Waals surface area contributed by atoms with Gasteiger partial charge in [0.05, 0.1) is 10.4 Å². The lowest BCUT2D eigenvalue weighted by atomic mass is 9.97. The molecule has 1 saturated heterocycles. The third-order valence-corrected chi connectivity index (χ3v) is 4.14. The van der Waals surface area contributed by atoms with Crippen LogP contribution in [0.2, 0.25) is 0 Å². The monoisotopic (exact) mass is 279 g/mol. The van der Waals surface area contributed by atoms with E-state index < -0.39 is 0 Å². The summed E-state index contributed by atoms with van der Waals surface area (Å²) in [5.74, 6) is 5.74. The first-order valence-corrected chi connectivity index (χ1v) is 7.21. The quantitative estimate of drug-likeness (QED) is 0.792. The lowest BCUT2D eigenvalue weighted by Gasteiger charge is -2.30. The predicted octanol–water partition coefficient (Wildman–Crippen LogP) is 0.936. The highest BCUT2D eigenvalue weighted by Crippen LogP contribution is 2.20. The van der Waals surface area contributed by atoms with Crippen molar-refractivity contribution in [1.29, 1.82) is 0 Å². The van der Waals surface area contributed by atoms with Gasteiger partial charge in [0.1, 0.15) is 6.61 Å². The van der Waals surface area contributed by atoms with Crippen LogP contribution < -0.4 is 0 Å². The molecule has 4 nitrogen and oxygen atoms in total. The van der Waals surface area contributed by atoms with E-state index in [0.29, 0.717) is 24.6 Å². The van der Waals surface area contributed by atoms with E-state index in [1.165, 1.54) is 11.3 Å². The largest absolute Gasteiger partial charge is 0.396 e. The number of carbonyl (C=O) groups excluding carboxylic acids is 1. The van der Waals surface area contributed by atoms with Crippen LogP contribution in [0.1, 0.15) is 28.1 Å². The standard InChI is InChI=1S/C14H17NO3S/c16-7-1-2-13-8-12(10-19-13)14(18)15-5-3-11(9-17)4-6-15/h8,10-11,16-17H,3-7,9H2. The fraction of sp³-hybridized carbons (Fsp3) is 0.500. The minimum atomic E-state index is -0.171. The van der Waals surface area contributed by atoms with Crippen LogP contribution in [0, 0.1) is 17.8 Å². The lowest BCUT2D eigenvalue weighted by molar-refractivity contribution is 0.0651. The summed E-state index contributed by atoms with van der Waals surface area (Å²) in [5, 5.41) is 19.5. The number of carbonyl (C=O) groups is 1. The van der Waals surface area contributed by atoms with Crippen LogP contribution in [0.25, 0.3) is 0 Å². The average Bonchev–Trinajstić information content (AvgIpc) is 2.93. The third-order valence-electron chi connectivity index (χ3n) is 3.30. The molecule has 1 aliphatic rings. The van der Waals surface area contributed by atoms with Crippen LogP contribution >= 0.6 is 11.3 Å². The number of likely N-dealkylation sites (tertiary alicyclic amines) is 1. The van der Waals surface area contributed by atoms with Crippen LogP contribution in [0.15, 0.2) is 11.4 Å². The molecular formula is C14H17NO3S. The molecule has 2 N–H and O–H groups in total. The Morgan fingerprint density at radius 1 is 1.42 bits per heavy atom. The number of nitrogens with zero attached hydrogens (tertiary/aromatic N) is 1. The van der Waals surface area contributed by atoms with Crippen LogP contribution in [-0.2, 0) is 0 Å². The van der Waals surface area contributed by atoms with Gasteiger partial charge in [-0.05, 0) is 24.8 Å². The van der Waals surface area contributed by atoms with Crippen LogP contribution in [0.4, 0.5) is 0 Å². The molecule has 0 unspecified atom stereocenters. The molecule has 2 rings (SSSR count). The van der Waals surface area contributed by atoms with Gasteiger partial charge < -0.3 is 15.1 Å². The number of aliphatic hydroxyl groups excluding tert-OH is 2. The Balaban J connectivity index is 1.98. The van der Waals surface area contributed by atoms with Crippen molar-refractivity contribution in [2.24, 2.45) is 5.92 Å². The van der Waals surface area contributed by atoms with Gasteiger partial charge in [-0.1, -0.05) is 11.8 Å². The maximum Gasteiger partial charge on any atom is 0.254 e. The smallest absolute Gasteiger partial charge is 0.254 e. The first kappa shape index (κ1) is 14.1. The van der Waals surface area contributed by atoms with E-state index in [-0.39, 0.29) is 19.1 Å². The summed E-state index contributed by atoms with van der Waals surface area (Å²) in [4.78, 5) is 14.9. The maximum atomic E-state index is 12.3. The van der Waals surface area contributed by atoms with Gasteiger partial charge in [-0.3, -0.25) is 4.79 Å². The summed E-state index contributed by atoms with van der Waals surface area (Å²) in [7, 11) is 0. The van der Waals surface area contributed by atoms with E-state index in [9.17, 15) is 4.79 Å². The van der Waals surface area contributed by atoms with E-state index in [1.54, 1.807) is 6.07 Å². The second kappa shape index (κ2) is 6.71. The molecule has 0 spiro atoms. The summed E-state index contributed by atoms with van der Waals surface area (Å²) in [5.41, 5.74) is 0.662. The van der Waals surface area contributed by atoms with Crippen molar-refractivity contribution >= 4 is 17.2 Å². The SMILES string of the molecule is O=C(c1csc(C#CCO)c1)N1CCC(CO)CC1. The Morgan fingerprint density at radius 2 is 2.16 bits per heavy atom. The summed E-state index contributed by atoms with van der Waals surface area (Å²) in [6.45, 7) is 1.45. The molecule has 102 valence electrons. The van der Waals surface area contributed by atoms with Crippen molar-refractivity contribution in [3.05, 3.63) is 21.9 Å². The number of amides is 1. The minimum Gasteiger partial charge on any atom is -0.396 e. The molecule has 0 saturated carbocycles. The highest BCUT2D eigenvalue weighted by Gasteiger charge is 2.23. The Labute approximate surface area is 116 Å². The molecule has 5 heteroatoms. The third kappa shape index (κ3) is 3.57. The van der Waals surface area contributed by atoms with Crippen LogP contribution in [0.3, 0.4) is 0 Å². The molecular weight excluding hydrogens is 262 g/mol. The Kier molecular flexibility index (Phi) is 4.97. The number of piperidine rings is 1. The van der Waals surface area contributed by atoms with Crippen LogP contribution in [0.5, 0.6) is 0 Å². The number of rotatable bonds is 2. The van der Waals surface area contributed by atoms with Crippen molar-refractivity contribution in [2.45, 2.75) is 12.8 Å². The molecule has 1 aliphatic heterocycles. The maximum absolute atomic E-state index is 12.3. The fourth-order valence-electron chi connectivity index (χ4n) is 2.14. The Morgan fingerprint density at radius 3 is 2.79 bits per heavy atom. The summed E-state index contributed by atoms with van der Waals surface area (Å²) < 4.78 is 0. The molecule has 0 aliphatic carbocycles. The normalized spacial score (nSPS) is 16.0. The first-order valence-electron chi connectivity index (χ1n) is 6.33. The van der Waals surface area contributed by atoms with Crippen molar-refractivity contribution in [3.8, 4) is 11.8 Å². The molecule has 0 aromatic carbocycles. The van der Waals surface area contributed by atoms with Gasteiger partial charge in [0.15, 0.2) is 0 Å². The van der Waals surface area contributed by atoms with E-state index in [4.69, 9.17) is 10.2 Å². The molecule has 1 aromatic heterocycles. The molecule has 0 atom stereocenters. The van der Waals surface area contributed by atoms with Crippen LogP contribution in [-0.4, -0.2) is 47.3 Å². The van der Waals surface area contributed by atoms with E-state index >= 15 is 0 Å². The van der Waals surface area contributed by atoms with Gasteiger partial charge >= 0.3 is 0 Å². The predicted molar refractivity (Wildman–Crippen MR) is 74.0 cm³/mol. The fourth-order valence-corrected chi connectivity index (χ4v) is 2.89. The Bertz CT molecular complexity index is 492. The zero-order chi connectivity index (χ0) is 13.7. The van der Waals surface area contributed by atoms with Gasteiger partial charge in [0, 0.05) is 25.1 Å². The van der Waals surface area contributed by atoms with Gasteiger partial charge in [-0.15, -0.1) is 11.3 Å². The average molecular weight is 279 g/mol. The summed E-state index contributed by atoms with van der Waals surface area (Å²) >= 11 is 1.41. The number of aliphatic hydroxyl groups is 2. The second-order valence-electron chi connectivity index (χ2n) is 4.58. The number of thiophene rings is 1. The van der Waals surface area contributed by atoms with E-state index in [1.807, 2.05) is 10.3 Å². The van der Waals surface area contributed by atoms with Crippen molar-refractivity contribution in [2.75, 3.05) is 26.3 Å². The summed E-state index contributed by atoms with van der Waals surface area (Å²) in [6.07, 6.45) is 1.73. The minimum absolute atomic E-state index is 0.0321. The highest BCUT2D eigenvalue weighted by atomic mass is 32.1. The van der Waals surface area contributed by atoms with E-state index in [2.05, 4.69) is 11.8 Å². The van der Waals surface area contributed by atoms with Gasteiger partial charge in [-0.25, -0.2) is 0 Å². The summed E-state index contributed by atoms with van der Waals surface area (Å²) in [6, 6.07) is 1.77. The topological polar surface area (TPSA) is 60.8 Å². The van der Waals surface area contributed by atoms with Gasteiger partial charge in [0.25, 0.3) is 5.91 Å². The molecule has 1 aromatic rings. The number of hydrogen-bond donors (Lipinski definition) is 2. The first-order chi connectivity index (χ1) is 9.24. The number of hydrogen-bond acceptors (Lipinski definition) is 4. The van der Waals surface area contributed by atoms with Crippen molar-refractivity contribution in [1.82, 2.24) is 4.90 Å². The molecule has 19 heavy (non-hydrogen) atoms. The second-order valence-corrected chi connectivity index (χ2v) is 5.49. The molecule has 1 fully saturated rings. The van der Waals surface area contributed by atoms with Crippen molar-refractivity contribution < 1.29 is 15.0 Å². The molecule has 0 radical (unpaired) electrons. The highest BCUT2D eigenvalue weighted by molar-refractivity contribution is 7.10. The molecule has 0 bridgehead atoms. The Hall–Kier alpha value is -1.35. The van der Waals surface area contributed by atoms with E-state index in [0.717, 1.165) is 17.7 Å².